The zero-order valence-corrected chi connectivity index (χ0v) is 25.0. The van der Waals surface area contributed by atoms with E-state index in [9.17, 15) is 29.1 Å². The molecule has 1 unspecified atom stereocenters. The van der Waals surface area contributed by atoms with E-state index >= 15 is 0 Å². The molecule has 0 bridgehead atoms. The second-order valence-corrected chi connectivity index (χ2v) is 13.0. The van der Waals surface area contributed by atoms with Crippen molar-refractivity contribution in [1.82, 2.24) is 26.2 Å². The minimum Gasteiger partial charge on any atom is -0.376 e. The van der Waals surface area contributed by atoms with Crippen molar-refractivity contribution in [3.8, 4) is 0 Å². The predicted molar refractivity (Wildman–Crippen MR) is 155 cm³/mol. The Morgan fingerprint density at radius 2 is 1.63 bits per heavy atom. The highest BCUT2D eigenvalue weighted by atomic mass is 16.3. The summed E-state index contributed by atoms with van der Waals surface area (Å²) >= 11 is 0. The first-order valence-electron chi connectivity index (χ1n) is 15.1. The number of nitrogens with one attached hydrogen (secondary N) is 4. The number of rotatable bonds is 13. The number of likely N-dealkylation sites (tertiary alicyclic amines) is 1. The highest BCUT2D eigenvalue weighted by Crippen LogP contribution is 2.36. The third-order valence-corrected chi connectivity index (χ3v) is 8.64. The van der Waals surface area contributed by atoms with Crippen molar-refractivity contribution in [2.75, 3.05) is 19.6 Å². The lowest BCUT2D eigenvalue weighted by Gasteiger charge is -2.41. The Hall–Kier alpha value is -2.79. The second-order valence-electron chi connectivity index (χ2n) is 13.0. The third kappa shape index (κ3) is 8.85. The SMILES string of the molecule is C=CCNC(=O)C(=O)CNC(=O)[C@@H]1[C@@H](C)CCN1C(O)[C@@H](NC(=O)N[C@H](C(=O)C1CC1)C1CCCCC1)C(C)(C)C. The molecule has 11 heteroatoms. The fourth-order valence-electron chi connectivity index (χ4n) is 6.06. The molecule has 4 amide bonds. The average molecular weight is 576 g/mol. The van der Waals surface area contributed by atoms with Crippen LogP contribution in [0.5, 0.6) is 0 Å². The fourth-order valence-corrected chi connectivity index (χ4v) is 6.06. The lowest BCUT2D eigenvalue weighted by atomic mass is 9.81. The van der Waals surface area contributed by atoms with Gasteiger partial charge in [-0.25, -0.2) is 4.79 Å². The Bertz CT molecular complexity index is 984. The van der Waals surface area contributed by atoms with E-state index in [4.69, 9.17) is 0 Å². The van der Waals surface area contributed by atoms with Gasteiger partial charge in [0.1, 0.15) is 6.23 Å². The normalized spacial score (nSPS) is 24.0. The number of amides is 4. The molecule has 0 radical (unpaired) electrons. The topological polar surface area (TPSA) is 157 Å². The van der Waals surface area contributed by atoms with E-state index in [-0.39, 0.29) is 30.1 Å². The summed E-state index contributed by atoms with van der Waals surface area (Å²) in [6, 6.07) is -2.56. The van der Waals surface area contributed by atoms with E-state index in [1.165, 1.54) is 6.08 Å². The molecule has 3 fully saturated rings. The minimum absolute atomic E-state index is 0.0246. The van der Waals surface area contributed by atoms with Crippen molar-refractivity contribution in [3.63, 3.8) is 0 Å². The van der Waals surface area contributed by atoms with Crippen LogP contribution in [0.1, 0.15) is 79.1 Å². The minimum atomic E-state index is -1.21. The zero-order chi connectivity index (χ0) is 30.3. The van der Waals surface area contributed by atoms with Crippen LogP contribution in [0.2, 0.25) is 0 Å². The van der Waals surface area contributed by atoms with Gasteiger partial charge in [0.2, 0.25) is 11.7 Å². The van der Waals surface area contributed by atoms with Crippen LogP contribution < -0.4 is 21.3 Å². The van der Waals surface area contributed by atoms with Gasteiger partial charge in [-0.1, -0.05) is 53.0 Å². The molecule has 2 saturated carbocycles. The number of carbonyl (C=O) groups is 5. The number of carbonyl (C=O) groups excluding carboxylic acids is 5. The summed E-state index contributed by atoms with van der Waals surface area (Å²) in [5.74, 6) is -1.93. The standard InChI is InChI=1S/C30H49N5O6/c1-6-15-31-26(38)21(36)17-32-27(39)23-18(2)14-16-35(23)28(40)25(30(3,4)5)34-29(41)33-22(24(37)20-12-13-20)19-10-8-7-9-11-19/h6,18-20,22-23,25,28,40H,1,7-17H2,2-5H3,(H,31,38)(H,32,39)(H2,33,34,41)/t18-,22-,23-,25+,28?/m0/s1. The van der Waals surface area contributed by atoms with Crippen LogP contribution in [0.4, 0.5) is 4.79 Å². The highest BCUT2D eigenvalue weighted by Gasteiger charge is 2.46. The van der Waals surface area contributed by atoms with Crippen molar-refractivity contribution in [2.45, 2.75) is 103 Å². The summed E-state index contributed by atoms with van der Waals surface area (Å²) in [5, 5.41) is 22.4. The first-order valence-corrected chi connectivity index (χ1v) is 15.1. The quantitative estimate of drug-likeness (QED) is 0.165. The van der Waals surface area contributed by atoms with Crippen LogP contribution in [0, 0.1) is 23.2 Å². The Kier molecular flexibility index (Phi) is 11.5. The van der Waals surface area contributed by atoms with Crippen molar-refractivity contribution in [1.29, 1.82) is 0 Å². The van der Waals surface area contributed by atoms with Gasteiger partial charge in [0.25, 0.3) is 5.91 Å². The molecule has 3 aliphatic rings. The maximum Gasteiger partial charge on any atom is 0.315 e. The number of hydrogen-bond donors (Lipinski definition) is 5. The van der Waals surface area contributed by atoms with E-state index in [0.717, 1.165) is 44.9 Å². The molecule has 5 N–H and O–H groups in total. The number of aliphatic hydroxyl groups is 1. The van der Waals surface area contributed by atoms with Crippen LogP contribution >= 0.6 is 0 Å². The smallest absolute Gasteiger partial charge is 0.315 e. The highest BCUT2D eigenvalue weighted by molar-refractivity contribution is 6.37. The molecular formula is C30H49N5O6. The average Bonchev–Trinajstić information content (AvgIpc) is 3.72. The maximum absolute atomic E-state index is 13.4. The maximum atomic E-state index is 13.4. The molecule has 3 rings (SSSR count). The largest absolute Gasteiger partial charge is 0.376 e. The van der Waals surface area contributed by atoms with Crippen LogP contribution in [0.3, 0.4) is 0 Å². The first kappa shape index (κ1) is 32.7. The van der Waals surface area contributed by atoms with E-state index in [2.05, 4.69) is 27.8 Å². The summed E-state index contributed by atoms with van der Waals surface area (Å²) in [7, 11) is 0. The molecule has 0 aromatic heterocycles. The van der Waals surface area contributed by atoms with Gasteiger partial charge in [-0.3, -0.25) is 24.1 Å². The van der Waals surface area contributed by atoms with Crippen molar-refractivity contribution < 1.29 is 29.1 Å². The Labute approximate surface area is 243 Å². The van der Waals surface area contributed by atoms with E-state index in [0.29, 0.717) is 13.0 Å². The molecule has 0 aromatic carbocycles. The summed E-state index contributed by atoms with van der Waals surface area (Å²) in [6.07, 6.45) is 7.68. The molecule has 1 heterocycles. The Morgan fingerprint density at radius 3 is 2.22 bits per heavy atom. The van der Waals surface area contributed by atoms with Gasteiger partial charge in [0, 0.05) is 19.0 Å². The predicted octanol–water partition coefficient (Wildman–Crippen LogP) is 1.64. The van der Waals surface area contributed by atoms with Crippen LogP contribution in [0.15, 0.2) is 12.7 Å². The van der Waals surface area contributed by atoms with Gasteiger partial charge in [0.15, 0.2) is 5.78 Å². The van der Waals surface area contributed by atoms with Crippen LogP contribution in [0.25, 0.3) is 0 Å². The second kappa shape index (κ2) is 14.4. The van der Waals surface area contributed by atoms with Crippen molar-refractivity contribution >= 4 is 29.4 Å². The fraction of sp³-hybridized carbons (Fsp3) is 0.767. The first-order chi connectivity index (χ1) is 19.3. The lowest BCUT2D eigenvalue weighted by molar-refractivity contribution is -0.139. The number of nitrogens with zero attached hydrogens (tertiary/aromatic N) is 1. The molecule has 11 nitrogen and oxygen atoms in total. The number of Topliss-reactive ketones (excluding diaryl/α,β-unsaturated/α-hetero) is 2. The molecule has 1 aliphatic heterocycles. The molecule has 0 aromatic rings. The monoisotopic (exact) mass is 575 g/mol. The van der Waals surface area contributed by atoms with Crippen LogP contribution in [-0.2, 0) is 19.2 Å². The summed E-state index contributed by atoms with van der Waals surface area (Å²) in [6.45, 7) is 11.1. The van der Waals surface area contributed by atoms with E-state index < -0.39 is 59.9 Å². The van der Waals surface area contributed by atoms with Crippen LogP contribution in [-0.4, -0.2) is 83.4 Å². The number of ketones is 2. The zero-order valence-electron chi connectivity index (χ0n) is 25.0. The van der Waals surface area contributed by atoms with E-state index in [1.807, 2.05) is 27.7 Å². The van der Waals surface area contributed by atoms with Gasteiger partial charge >= 0.3 is 6.03 Å². The van der Waals surface area contributed by atoms with Crippen molar-refractivity contribution in [2.24, 2.45) is 23.2 Å². The lowest BCUT2D eigenvalue weighted by Crippen LogP contribution is -2.63. The molecular weight excluding hydrogens is 526 g/mol. The van der Waals surface area contributed by atoms with Gasteiger partial charge in [-0.2, -0.15) is 0 Å². The molecule has 0 spiro atoms. The summed E-state index contributed by atoms with van der Waals surface area (Å²) in [4.78, 5) is 65.3. The number of hydrogen-bond acceptors (Lipinski definition) is 7. The summed E-state index contributed by atoms with van der Waals surface area (Å²) in [5.41, 5.74) is -0.594. The van der Waals surface area contributed by atoms with E-state index in [1.54, 1.807) is 4.90 Å². The molecule has 5 atom stereocenters. The van der Waals surface area contributed by atoms with Gasteiger partial charge < -0.3 is 26.4 Å². The van der Waals surface area contributed by atoms with Gasteiger partial charge in [-0.05, 0) is 49.4 Å². The van der Waals surface area contributed by atoms with Gasteiger partial charge in [-0.15, -0.1) is 6.58 Å². The molecule has 41 heavy (non-hydrogen) atoms. The molecule has 230 valence electrons. The van der Waals surface area contributed by atoms with Gasteiger partial charge in [0.05, 0.1) is 24.7 Å². The Morgan fingerprint density at radius 1 is 0.976 bits per heavy atom. The summed E-state index contributed by atoms with van der Waals surface area (Å²) < 4.78 is 0. The molecule has 2 aliphatic carbocycles. The Balaban J connectivity index is 1.68. The molecule has 1 saturated heterocycles. The third-order valence-electron chi connectivity index (χ3n) is 8.64. The van der Waals surface area contributed by atoms with Crippen molar-refractivity contribution in [3.05, 3.63) is 12.7 Å². The number of urea groups is 1. The number of aliphatic hydroxyl groups excluding tert-OH is 1.